The number of imidazole rings is 1. The lowest BCUT2D eigenvalue weighted by atomic mass is 10.0. The summed E-state index contributed by atoms with van der Waals surface area (Å²) in [5.74, 6) is 0.0221. The van der Waals surface area contributed by atoms with Crippen LogP contribution in [0.1, 0.15) is 21.5 Å². The van der Waals surface area contributed by atoms with Crippen molar-refractivity contribution in [3.05, 3.63) is 102 Å². The highest BCUT2D eigenvalue weighted by molar-refractivity contribution is 8.00. The van der Waals surface area contributed by atoms with E-state index in [0.717, 1.165) is 33.7 Å². The van der Waals surface area contributed by atoms with Crippen molar-refractivity contribution in [2.75, 3.05) is 5.75 Å². The average Bonchev–Trinajstić information content (AvgIpc) is 3.23. The van der Waals surface area contributed by atoms with E-state index in [1.165, 1.54) is 3.97 Å². The quantitative estimate of drug-likeness (QED) is 0.217. The zero-order valence-corrected chi connectivity index (χ0v) is 20.4. The van der Waals surface area contributed by atoms with E-state index in [1.807, 2.05) is 62.4 Å². The summed E-state index contributed by atoms with van der Waals surface area (Å²) in [5.41, 5.74) is 3.59. The maximum absolute atomic E-state index is 13.8. The SMILES string of the molecule is Cc1ccc(C)c(C(=O)CSc2nc3ccccc3n2S(=O)(=O)c2ccc3ccccc3c2)c1. The molecule has 0 bridgehead atoms. The monoisotopic (exact) mass is 486 g/mol. The molecule has 5 nitrogen and oxygen atoms in total. The van der Waals surface area contributed by atoms with Crippen LogP contribution in [0, 0.1) is 13.8 Å². The molecule has 0 saturated heterocycles. The second-order valence-electron chi connectivity index (χ2n) is 8.19. The number of hydrogen-bond acceptors (Lipinski definition) is 5. The van der Waals surface area contributed by atoms with Crippen molar-refractivity contribution in [1.82, 2.24) is 8.96 Å². The fraction of sp³-hybridized carbons (Fsp3) is 0.111. The Labute approximate surface area is 202 Å². The summed E-state index contributed by atoms with van der Waals surface area (Å²) in [7, 11) is -3.95. The largest absolute Gasteiger partial charge is 0.293 e. The Balaban J connectivity index is 1.57. The van der Waals surface area contributed by atoms with Crippen molar-refractivity contribution in [3.63, 3.8) is 0 Å². The summed E-state index contributed by atoms with van der Waals surface area (Å²) in [5, 5.41) is 2.07. The molecule has 7 heteroatoms. The number of aromatic nitrogens is 2. The number of fused-ring (bicyclic) bond motifs is 2. The summed E-state index contributed by atoms with van der Waals surface area (Å²) in [6, 6.07) is 25.6. The molecule has 5 rings (SSSR count). The third-order valence-electron chi connectivity index (χ3n) is 5.78. The molecule has 0 N–H and O–H groups in total. The van der Waals surface area contributed by atoms with Gasteiger partial charge in [0.25, 0.3) is 10.0 Å². The van der Waals surface area contributed by atoms with E-state index in [2.05, 4.69) is 4.98 Å². The van der Waals surface area contributed by atoms with Gasteiger partial charge in [0.05, 0.1) is 21.7 Å². The Kier molecular flexibility index (Phi) is 5.75. The third-order valence-corrected chi connectivity index (χ3v) is 8.53. The lowest BCUT2D eigenvalue weighted by Gasteiger charge is -2.11. The fourth-order valence-electron chi connectivity index (χ4n) is 3.98. The number of hydrogen-bond donors (Lipinski definition) is 0. The molecule has 1 aromatic heterocycles. The summed E-state index contributed by atoms with van der Waals surface area (Å²) in [4.78, 5) is 17.7. The van der Waals surface area contributed by atoms with Gasteiger partial charge in [0, 0.05) is 5.56 Å². The topological polar surface area (TPSA) is 69.0 Å². The first-order valence-corrected chi connectivity index (χ1v) is 13.2. The Bertz CT molecular complexity index is 1670. The Hall–Kier alpha value is -3.42. The van der Waals surface area contributed by atoms with Gasteiger partial charge >= 0.3 is 0 Å². The molecule has 0 aliphatic rings. The van der Waals surface area contributed by atoms with Crippen molar-refractivity contribution in [1.29, 1.82) is 0 Å². The van der Waals surface area contributed by atoms with Crippen LogP contribution in [0.4, 0.5) is 0 Å². The number of carbonyl (C=O) groups is 1. The Morgan fingerprint density at radius 2 is 1.62 bits per heavy atom. The summed E-state index contributed by atoms with van der Waals surface area (Å²) in [6.45, 7) is 3.84. The predicted molar refractivity (Wildman–Crippen MR) is 137 cm³/mol. The highest BCUT2D eigenvalue weighted by Crippen LogP contribution is 2.31. The van der Waals surface area contributed by atoms with Gasteiger partial charge in [-0.1, -0.05) is 71.9 Å². The van der Waals surface area contributed by atoms with E-state index in [0.29, 0.717) is 16.6 Å². The lowest BCUT2D eigenvalue weighted by Crippen LogP contribution is -2.15. The maximum Gasteiger partial charge on any atom is 0.270 e. The predicted octanol–water partition coefficient (Wildman–Crippen LogP) is 6.02. The van der Waals surface area contributed by atoms with E-state index in [1.54, 1.807) is 36.4 Å². The molecule has 0 saturated carbocycles. The molecule has 0 aliphatic heterocycles. The molecule has 4 aromatic carbocycles. The van der Waals surface area contributed by atoms with Crippen molar-refractivity contribution in [2.45, 2.75) is 23.9 Å². The lowest BCUT2D eigenvalue weighted by molar-refractivity contribution is 0.102. The number of Topliss-reactive ketones (excluding diaryl/α,β-unsaturated/α-hetero) is 1. The van der Waals surface area contributed by atoms with Crippen LogP contribution >= 0.6 is 11.8 Å². The van der Waals surface area contributed by atoms with Gasteiger partial charge < -0.3 is 0 Å². The second-order valence-corrected chi connectivity index (χ2v) is 10.9. The van der Waals surface area contributed by atoms with Gasteiger partial charge in [0.1, 0.15) is 0 Å². The Morgan fingerprint density at radius 3 is 2.44 bits per heavy atom. The first kappa shape index (κ1) is 22.4. The van der Waals surface area contributed by atoms with Gasteiger partial charge in [0.15, 0.2) is 10.9 Å². The van der Waals surface area contributed by atoms with E-state index >= 15 is 0 Å². The number of para-hydroxylation sites is 2. The molecule has 0 aliphatic carbocycles. The highest BCUT2D eigenvalue weighted by atomic mass is 32.2. The molecule has 0 fully saturated rings. The molecular weight excluding hydrogens is 464 g/mol. The van der Waals surface area contributed by atoms with Crippen molar-refractivity contribution in [2.24, 2.45) is 0 Å². The van der Waals surface area contributed by atoms with Gasteiger partial charge in [-0.25, -0.2) is 17.4 Å². The standard InChI is InChI=1S/C27H22N2O3S2/c1-18-11-12-19(2)23(15-18)26(30)17-33-27-28-24-9-5-6-10-25(24)29(27)34(31,32)22-14-13-20-7-3-4-8-21(20)16-22/h3-16H,17H2,1-2H3. The molecule has 0 amide bonds. The van der Waals surface area contributed by atoms with Gasteiger partial charge in [-0.15, -0.1) is 0 Å². The molecule has 170 valence electrons. The van der Waals surface area contributed by atoms with Crippen molar-refractivity contribution >= 4 is 49.4 Å². The van der Waals surface area contributed by atoms with Gasteiger partial charge in [0.2, 0.25) is 0 Å². The molecule has 0 radical (unpaired) electrons. The smallest absolute Gasteiger partial charge is 0.270 e. The summed E-state index contributed by atoms with van der Waals surface area (Å²) >= 11 is 1.14. The van der Waals surface area contributed by atoms with Crippen molar-refractivity contribution in [3.8, 4) is 0 Å². The van der Waals surface area contributed by atoms with Crippen LogP contribution in [0.3, 0.4) is 0 Å². The molecule has 5 aromatic rings. The Morgan fingerprint density at radius 1 is 0.882 bits per heavy atom. The summed E-state index contributed by atoms with van der Waals surface area (Å²) in [6.07, 6.45) is 0. The van der Waals surface area contributed by atoms with E-state index in [4.69, 9.17) is 0 Å². The maximum atomic E-state index is 13.8. The third kappa shape index (κ3) is 4.02. The first-order chi connectivity index (χ1) is 16.3. The second kappa shape index (κ2) is 8.74. The highest BCUT2D eigenvalue weighted by Gasteiger charge is 2.25. The zero-order chi connectivity index (χ0) is 23.9. The van der Waals surface area contributed by atoms with Gasteiger partial charge in [-0.2, -0.15) is 0 Å². The minimum Gasteiger partial charge on any atom is -0.293 e. The number of thioether (sulfide) groups is 1. The van der Waals surface area contributed by atoms with Crippen LogP contribution in [0.25, 0.3) is 21.8 Å². The number of carbonyl (C=O) groups excluding carboxylic acids is 1. The van der Waals surface area contributed by atoms with Crippen molar-refractivity contribution < 1.29 is 13.2 Å². The van der Waals surface area contributed by atoms with E-state index in [9.17, 15) is 13.2 Å². The van der Waals surface area contributed by atoms with Crippen LogP contribution in [0.5, 0.6) is 0 Å². The van der Waals surface area contributed by atoms with Gasteiger partial charge in [-0.3, -0.25) is 4.79 Å². The minimum absolute atomic E-state index is 0.0621. The fourth-order valence-corrected chi connectivity index (χ4v) is 6.62. The molecule has 0 unspecified atom stereocenters. The van der Waals surface area contributed by atoms with Crippen LogP contribution in [-0.4, -0.2) is 28.9 Å². The molecule has 34 heavy (non-hydrogen) atoms. The molecule has 0 spiro atoms. The van der Waals surface area contributed by atoms with Crippen LogP contribution in [0.15, 0.2) is 95.0 Å². The van der Waals surface area contributed by atoms with E-state index < -0.39 is 10.0 Å². The van der Waals surface area contributed by atoms with E-state index in [-0.39, 0.29) is 21.6 Å². The number of aryl methyl sites for hydroxylation is 2. The molecule has 1 heterocycles. The minimum atomic E-state index is -3.95. The van der Waals surface area contributed by atoms with Gasteiger partial charge in [-0.05, 0) is 60.5 Å². The van der Waals surface area contributed by atoms with Crippen LogP contribution < -0.4 is 0 Å². The number of benzene rings is 4. The van der Waals surface area contributed by atoms with Crippen LogP contribution in [0.2, 0.25) is 0 Å². The zero-order valence-electron chi connectivity index (χ0n) is 18.7. The molecule has 0 atom stereocenters. The number of rotatable bonds is 6. The average molecular weight is 487 g/mol. The number of nitrogens with zero attached hydrogens (tertiary/aromatic N) is 2. The normalized spacial score (nSPS) is 11.8. The first-order valence-electron chi connectivity index (χ1n) is 10.8. The van der Waals surface area contributed by atoms with Crippen LogP contribution in [-0.2, 0) is 10.0 Å². The molecular formula is C27H22N2O3S2. The number of ketones is 1. The summed E-state index contributed by atoms with van der Waals surface area (Å²) < 4.78 is 28.9.